The molecular weight excluding hydrogens is 384 g/mol. The van der Waals surface area contributed by atoms with Crippen LogP contribution in [-0.2, 0) is 11.3 Å². The lowest BCUT2D eigenvalue weighted by Crippen LogP contribution is -2.44. The van der Waals surface area contributed by atoms with Crippen LogP contribution in [0.15, 0.2) is 30.5 Å². The number of hydrogen-bond acceptors (Lipinski definition) is 6. The molecule has 1 amide bonds. The van der Waals surface area contributed by atoms with Crippen LogP contribution in [0.1, 0.15) is 28.1 Å². The fourth-order valence-corrected chi connectivity index (χ4v) is 3.86. The highest BCUT2D eigenvalue weighted by Gasteiger charge is 2.15. The molecule has 3 rings (SSSR count). The lowest BCUT2D eigenvalue weighted by atomic mass is 10.2. The second kappa shape index (κ2) is 9.30. The van der Waals surface area contributed by atoms with Crippen molar-refractivity contribution in [3.63, 3.8) is 0 Å². The molecule has 1 N–H and O–H groups in total. The molecule has 1 aliphatic rings. The number of ketones is 1. The summed E-state index contributed by atoms with van der Waals surface area (Å²) in [7, 11) is 2.12. The van der Waals surface area contributed by atoms with E-state index < -0.39 is 0 Å². The first-order chi connectivity index (χ1) is 13.0. The monoisotopic (exact) mass is 406 g/mol. The van der Waals surface area contributed by atoms with Crippen LogP contribution < -0.4 is 10.2 Å². The van der Waals surface area contributed by atoms with Crippen LogP contribution in [0.2, 0.25) is 4.34 Å². The Balaban J connectivity index is 1.41. The first-order valence-electron chi connectivity index (χ1n) is 8.95. The third-order valence-electron chi connectivity index (χ3n) is 4.55. The lowest BCUT2D eigenvalue weighted by Gasteiger charge is -2.33. The number of nitrogens with one attached hydrogen (secondary N) is 1. The zero-order valence-electron chi connectivity index (χ0n) is 15.3. The number of pyridine rings is 1. The highest BCUT2D eigenvalue weighted by molar-refractivity contribution is 7.18. The van der Waals surface area contributed by atoms with Crippen molar-refractivity contribution in [1.82, 2.24) is 15.2 Å². The number of amides is 1. The number of Topliss-reactive ketones (excluding diaryl/α,β-unsaturated/α-hetero) is 1. The fourth-order valence-electron chi connectivity index (χ4n) is 2.85. The molecule has 0 bridgehead atoms. The predicted octanol–water partition coefficient (Wildman–Crippen LogP) is 2.83. The van der Waals surface area contributed by atoms with Crippen molar-refractivity contribution < 1.29 is 9.59 Å². The van der Waals surface area contributed by atoms with E-state index in [0.29, 0.717) is 15.8 Å². The Kier molecular flexibility index (Phi) is 6.82. The van der Waals surface area contributed by atoms with E-state index in [9.17, 15) is 9.59 Å². The lowest BCUT2D eigenvalue weighted by molar-refractivity contribution is -0.121. The van der Waals surface area contributed by atoms with Gasteiger partial charge in [0.05, 0.1) is 9.21 Å². The summed E-state index contributed by atoms with van der Waals surface area (Å²) in [4.78, 5) is 33.7. The summed E-state index contributed by atoms with van der Waals surface area (Å²) in [5.41, 5.74) is 0.942. The van der Waals surface area contributed by atoms with Gasteiger partial charge < -0.3 is 15.1 Å². The van der Waals surface area contributed by atoms with Crippen molar-refractivity contribution in [3.8, 4) is 0 Å². The molecule has 3 heterocycles. The van der Waals surface area contributed by atoms with Gasteiger partial charge in [0.25, 0.3) is 0 Å². The molecule has 2 aromatic rings. The largest absolute Gasteiger partial charge is 0.354 e. The number of likely N-dealkylation sites (N-methyl/N-ethyl adjacent to an activating group) is 1. The first-order valence-corrected chi connectivity index (χ1v) is 10.1. The van der Waals surface area contributed by atoms with Crippen molar-refractivity contribution in [2.45, 2.75) is 19.4 Å². The molecule has 0 aromatic carbocycles. The Labute approximate surface area is 168 Å². The fraction of sp³-hybridized carbons (Fsp3) is 0.421. The van der Waals surface area contributed by atoms with Crippen LogP contribution in [0.5, 0.6) is 0 Å². The molecule has 0 unspecified atom stereocenters. The smallest absolute Gasteiger partial charge is 0.220 e. The minimum Gasteiger partial charge on any atom is -0.354 e. The average Bonchev–Trinajstić information content (AvgIpc) is 3.12. The number of piperazine rings is 1. The van der Waals surface area contributed by atoms with Gasteiger partial charge in [-0.3, -0.25) is 9.59 Å². The van der Waals surface area contributed by atoms with Crippen LogP contribution in [0.4, 0.5) is 5.82 Å². The molecule has 6 nitrogen and oxygen atoms in total. The molecule has 8 heteroatoms. The van der Waals surface area contributed by atoms with E-state index in [4.69, 9.17) is 11.6 Å². The van der Waals surface area contributed by atoms with Gasteiger partial charge in [0.2, 0.25) is 5.91 Å². The van der Waals surface area contributed by atoms with E-state index in [1.54, 1.807) is 18.3 Å². The van der Waals surface area contributed by atoms with Crippen LogP contribution in [-0.4, -0.2) is 54.8 Å². The molecule has 0 aliphatic carbocycles. The minimum atomic E-state index is -0.144. The summed E-state index contributed by atoms with van der Waals surface area (Å²) in [6.45, 7) is 4.44. The Morgan fingerprint density at radius 2 is 1.93 bits per heavy atom. The van der Waals surface area contributed by atoms with Crippen LogP contribution in [0.25, 0.3) is 0 Å². The molecule has 1 fully saturated rings. The van der Waals surface area contributed by atoms with Crippen LogP contribution in [0, 0.1) is 0 Å². The number of halogens is 1. The molecule has 2 aromatic heterocycles. The molecule has 27 heavy (non-hydrogen) atoms. The zero-order valence-corrected chi connectivity index (χ0v) is 16.9. The van der Waals surface area contributed by atoms with E-state index >= 15 is 0 Å². The third kappa shape index (κ3) is 5.76. The van der Waals surface area contributed by atoms with Crippen LogP contribution >= 0.6 is 22.9 Å². The average molecular weight is 407 g/mol. The molecule has 0 saturated carbocycles. The topological polar surface area (TPSA) is 65.5 Å². The van der Waals surface area contributed by atoms with Gasteiger partial charge in [-0.2, -0.15) is 0 Å². The summed E-state index contributed by atoms with van der Waals surface area (Å²) < 4.78 is 0.579. The molecule has 1 aliphatic heterocycles. The number of carbonyl (C=O) groups excluding carboxylic acids is 2. The number of carbonyl (C=O) groups is 2. The maximum atomic E-state index is 12.0. The van der Waals surface area contributed by atoms with Gasteiger partial charge in [0.15, 0.2) is 5.78 Å². The molecule has 0 atom stereocenters. The second-order valence-corrected chi connectivity index (χ2v) is 8.33. The number of nitrogens with zero attached hydrogens (tertiary/aromatic N) is 3. The number of anilines is 1. The quantitative estimate of drug-likeness (QED) is 0.716. The Morgan fingerprint density at radius 3 is 2.56 bits per heavy atom. The summed E-state index contributed by atoms with van der Waals surface area (Å²) in [6, 6.07) is 7.37. The number of aromatic nitrogens is 1. The number of hydrogen-bond donors (Lipinski definition) is 1. The normalized spacial score (nSPS) is 15.0. The number of rotatable bonds is 7. The number of thiophene rings is 1. The summed E-state index contributed by atoms with van der Waals surface area (Å²) >= 11 is 7.07. The van der Waals surface area contributed by atoms with Gasteiger partial charge >= 0.3 is 0 Å². The van der Waals surface area contributed by atoms with Gasteiger partial charge in [0.1, 0.15) is 5.82 Å². The highest BCUT2D eigenvalue weighted by Crippen LogP contribution is 2.22. The third-order valence-corrected chi connectivity index (χ3v) is 5.83. The Hall–Kier alpha value is -1.96. The van der Waals surface area contributed by atoms with Crippen molar-refractivity contribution in [1.29, 1.82) is 0 Å². The van der Waals surface area contributed by atoms with E-state index in [-0.39, 0.29) is 24.5 Å². The maximum Gasteiger partial charge on any atom is 0.220 e. The SMILES string of the molecule is CN1CCN(c2ccc(CNC(=O)CCC(=O)c3ccc(Cl)s3)cn2)CC1. The summed E-state index contributed by atoms with van der Waals surface area (Å²) in [5.74, 6) is 0.771. The van der Waals surface area contributed by atoms with Gasteiger partial charge in [-0.15, -0.1) is 11.3 Å². The van der Waals surface area contributed by atoms with Gasteiger partial charge in [-0.05, 0) is 30.8 Å². The van der Waals surface area contributed by atoms with Crippen molar-refractivity contribution in [2.75, 3.05) is 38.1 Å². The van der Waals surface area contributed by atoms with E-state index in [0.717, 1.165) is 37.6 Å². The highest BCUT2D eigenvalue weighted by atomic mass is 35.5. The van der Waals surface area contributed by atoms with Crippen LogP contribution in [0.3, 0.4) is 0 Å². The van der Waals surface area contributed by atoms with Gasteiger partial charge in [0, 0.05) is 51.8 Å². The van der Waals surface area contributed by atoms with Crippen molar-refractivity contribution >= 4 is 40.4 Å². The Bertz CT molecular complexity index is 785. The van der Waals surface area contributed by atoms with Crippen molar-refractivity contribution in [3.05, 3.63) is 45.2 Å². The van der Waals surface area contributed by atoms with Gasteiger partial charge in [-0.25, -0.2) is 4.98 Å². The molecule has 1 saturated heterocycles. The predicted molar refractivity (Wildman–Crippen MR) is 109 cm³/mol. The molecule has 144 valence electrons. The molecular formula is C19H23ClN4O2S. The summed E-state index contributed by atoms with van der Waals surface area (Å²) in [5, 5.41) is 2.84. The second-order valence-electron chi connectivity index (χ2n) is 6.62. The van der Waals surface area contributed by atoms with Crippen molar-refractivity contribution in [2.24, 2.45) is 0 Å². The standard InChI is InChI=1S/C19H23ClN4O2S/c1-23-8-10-24(11-9-23)18-6-2-14(12-21-18)13-22-19(26)7-3-15(25)16-4-5-17(20)27-16/h2,4-6,12H,3,7-11,13H2,1H3,(H,22,26). The van der Waals surface area contributed by atoms with E-state index in [1.165, 1.54) is 11.3 Å². The first kappa shape index (κ1) is 19.8. The Morgan fingerprint density at radius 1 is 1.15 bits per heavy atom. The molecule has 0 radical (unpaired) electrons. The minimum absolute atomic E-state index is 0.0553. The van der Waals surface area contributed by atoms with E-state index in [1.807, 2.05) is 12.1 Å². The van der Waals surface area contributed by atoms with E-state index in [2.05, 4.69) is 27.1 Å². The zero-order chi connectivity index (χ0) is 19.2. The molecule has 0 spiro atoms. The van der Waals surface area contributed by atoms with Gasteiger partial charge in [-0.1, -0.05) is 17.7 Å². The summed E-state index contributed by atoms with van der Waals surface area (Å²) in [6.07, 6.45) is 2.15. The maximum absolute atomic E-state index is 12.0.